The van der Waals surface area contributed by atoms with Crippen molar-refractivity contribution in [3.8, 4) is 0 Å². The van der Waals surface area contributed by atoms with Crippen LogP contribution in [0.25, 0.3) is 0 Å². The van der Waals surface area contributed by atoms with Gasteiger partial charge in [-0.2, -0.15) is 0 Å². The van der Waals surface area contributed by atoms with Crippen LogP contribution in [0.4, 0.5) is 5.69 Å². The van der Waals surface area contributed by atoms with Gasteiger partial charge in [0.15, 0.2) is 5.78 Å². The van der Waals surface area contributed by atoms with Crippen LogP contribution in [0.3, 0.4) is 0 Å². The number of ether oxygens (including phenoxy) is 1. The maximum atomic E-state index is 11.3. The van der Waals surface area contributed by atoms with Crippen molar-refractivity contribution in [2.24, 2.45) is 5.16 Å². The van der Waals surface area contributed by atoms with Gasteiger partial charge in [-0.3, -0.25) is 14.9 Å². The molecule has 1 aromatic rings. The molecule has 0 bridgehead atoms. The molecule has 1 N–H and O–H groups in total. The molecule has 18 heavy (non-hydrogen) atoms. The molecule has 0 atom stereocenters. The second-order valence-electron chi connectivity index (χ2n) is 3.50. The normalized spacial score (nSPS) is 10.7. The Morgan fingerprint density at radius 1 is 1.56 bits per heavy atom. The van der Waals surface area contributed by atoms with Gasteiger partial charge in [0.2, 0.25) is 0 Å². The highest BCUT2D eigenvalue weighted by Crippen LogP contribution is 2.25. The summed E-state index contributed by atoms with van der Waals surface area (Å²) in [4.78, 5) is 21.8. The van der Waals surface area contributed by atoms with Crippen LogP contribution in [0.1, 0.15) is 11.1 Å². The molecule has 0 heterocycles. The Kier molecular flexibility index (Phi) is 4.94. The number of nitro groups is 1. The van der Waals surface area contributed by atoms with Gasteiger partial charge in [0.25, 0.3) is 5.69 Å². The minimum atomic E-state index is -0.549. The fraction of sp³-hybridized carbons (Fsp3) is 0.273. The molecule has 0 saturated carbocycles. The van der Waals surface area contributed by atoms with Gasteiger partial charge in [0.1, 0.15) is 6.21 Å². The highest BCUT2D eigenvalue weighted by molar-refractivity contribution is 6.28. The van der Waals surface area contributed by atoms with Crippen LogP contribution in [0.15, 0.2) is 23.4 Å². The van der Waals surface area contributed by atoms with Gasteiger partial charge < -0.3 is 9.94 Å². The quantitative estimate of drug-likeness (QED) is 0.356. The van der Waals surface area contributed by atoms with Crippen molar-refractivity contribution >= 4 is 17.7 Å². The van der Waals surface area contributed by atoms with Crippen LogP contribution < -0.4 is 0 Å². The van der Waals surface area contributed by atoms with Gasteiger partial charge in [-0.25, -0.2) is 0 Å². The average molecular weight is 252 g/mol. The summed E-state index contributed by atoms with van der Waals surface area (Å²) in [6.07, 6.45) is 0.518. The van der Waals surface area contributed by atoms with E-state index in [0.717, 1.165) is 0 Å². The van der Waals surface area contributed by atoms with E-state index in [4.69, 9.17) is 9.94 Å². The van der Waals surface area contributed by atoms with E-state index in [2.05, 4.69) is 5.16 Å². The van der Waals surface area contributed by atoms with Crippen molar-refractivity contribution in [2.75, 3.05) is 7.11 Å². The number of hydrogen-bond acceptors (Lipinski definition) is 6. The lowest BCUT2D eigenvalue weighted by molar-refractivity contribution is -0.386. The van der Waals surface area contributed by atoms with E-state index in [9.17, 15) is 14.9 Å². The Morgan fingerprint density at radius 2 is 2.22 bits per heavy atom. The second-order valence-corrected chi connectivity index (χ2v) is 3.50. The molecule has 0 fully saturated rings. The molecular formula is C11H12N2O5. The van der Waals surface area contributed by atoms with E-state index < -0.39 is 10.7 Å². The van der Waals surface area contributed by atoms with Crippen LogP contribution in [0, 0.1) is 10.1 Å². The van der Waals surface area contributed by atoms with Gasteiger partial charge in [0.05, 0.1) is 17.1 Å². The van der Waals surface area contributed by atoms with E-state index in [1.165, 1.54) is 13.2 Å². The summed E-state index contributed by atoms with van der Waals surface area (Å²) < 4.78 is 4.87. The zero-order chi connectivity index (χ0) is 13.5. The van der Waals surface area contributed by atoms with Gasteiger partial charge >= 0.3 is 0 Å². The van der Waals surface area contributed by atoms with E-state index in [-0.39, 0.29) is 24.3 Å². The third-order valence-electron chi connectivity index (χ3n) is 2.25. The second kappa shape index (κ2) is 6.45. The summed E-state index contributed by atoms with van der Waals surface area (Å²) in [6, 6.07) is 4.66. The Balaban J connectivity index is 3.14. The number of ketones is 1. The molecule has 7 heteroatoms. The molecule has 0 aliphatic rings. The third-order valence-corrected chi connectivity index (χ3v) is 2.25. The number of nitrogens with zero attached hydrogens (tertiary/aromatic N) is 2. The molecule has 0 unspecified atom stereocenters. The fourth-order valence-corrected chi connectivity index (χ4v) is 1.59. The highest BCUT2D eigenvalue weighted by Gasteiger charge is 2.20. The van der Waals surface area contributed by atoms with Gasteiger partial charge in [0, 0.05) is 19.1 Å². The van der Waals surface area contributed by atoms with Crippen molar-refractivity contribution < 1.29 is 19.7 Å². The van der Waals surface area contributed by atoms with Gasteiger partial charge in [-0.1, -0.05) is 17.3 Å². The summed E-state index contributed by atoms with van der Waals surface area (Å²) in [7, 11) is 1.43. The van der Waals surface area contributed by atoms with Crippen LogP contribution in [0.2, 0.25) is 0 Å². The summed E-state index contributed by atoms with van der Waals surface area (Å²) in [5.41, 5.74) is 0.521. The van der Waals surface area contributed by atoms with E-state index in [1.54, 1.807) is 12.1 Å². The molecular weight excluding hydrogens is 240 g/mol. The molecule has 0 radical (unpaired) electrons. The smallest absolute Gasteiger partial charge is 0.278 e. The predicted octanol–water partition coefficient (Wildman–Crippen LogP) is 1.31. The maximum Gasteiger partial charge on any atom is 0.278 e. The van der Waals surface area contributed by atoms with Crippen LogP contribution in [-0.2, 0) is 22.6 Å². The van der Waals surface area contributed by atoms with Crippen molar-refractivity contribution in [1.29, 1.82) is 0 Å². The number of rotatable bonds is 6. The minimum absolute atomic E-state index is 0.0897. The molecule has 1 rings (SSSR count). The Labute approximate surface area is 103 Å². The molecule has 7 nitrogen and oxygen atoms in total. The van der Waals surface area contributed by atoms with Crippen molar-refractivity contribution in [3.05, 3.63) is 39.4 Å². The van der Waals surface area contributed by atoms with E-state index in [0.29, 0.717) is 11.8 Å². The first-order valence-electron chi connectivity index (χ1n) is 5.04. The molecule has 1 aromatic carbocycles. The molecule has 0 aliphatic heterocycles. The van der Waals surface area contributed by atoms with Crippen molar-refractivity contribution in [3.63, 3.8) is 0 Å². The summed E-state index contributed by atoms with van der Waals surface area (Å²) in [5.74, 6) is -0.518. The van der Waals surface area contributed by atoms with Crippen LogP contribution in [0.5, 0.6) is 0 Å². The molecule has 0 aromatic heterocycles. The zero-order valence-electron chi connectivity index (χ0n) is 9.70. The third kappa shape index (κ3) is 3.36. The number of benzene rings is 1. The Hall–Kier alpha value is -2.28. The summed E-state index contributed by atoms with van der Waals surface area (Å²) in [6.45, 7) is 0.0897. The van der Waals surface area contributed by atoms with E-state index >= 15 is 0 Å². The number of hydrogen-bond donors (Lipinski definition) is 1. The van der Waals surface area contributed by atoms with Crippen LogP contribution in [-0.4, -0.2) is 29.2 Å². The highest BCUT2D eigenvalue weighted by atomic mass is 16.6. The largest absolute Gasteiger partial charge is 0.411 e. The number of carbonyl (C=O) groups is 1. The Morgan fingerprint density at radius 3 is 2.78 bits per heavy atom. The maximum absolute atomic E-state index is 11.3. The average Bonchev–Trinajstić information content (AvgIpc) is 2.29. The lowest BCUT2D eigenvalue weighted by Crippen LogP contribution is -2.08. The van der Waals surface area contributed by atoms with Gasteiger partial charge in [-0.15, -0.1) is 0 Å². The lowest BCUT2D eigenvalue weighted by Gasteiger charge is -2.05. The standard InChI is InChI=1S/C11H12N2O5/c1-18-7-9-4-2-3-8(11(9)13(16)17)5-10(14)6-12-15/h2-4,6,15H,5,7H2,1H3. The lowest BCUT2D eigenvalue weighted by atomic mass is 10.0. The van der Waals surface area contributed by atoms with E-state index in [1.807, 2.05) is 0 Å². The number of carbonyl (C=O) groups excluding carboxylic acids is 1. The summed E-state index contributed by atoms with van der Waals surface area (Å²) >= 11 is 0. The molecule has 0 amide bonds. The molecule has 0 aliphatic carbocycles. The Bertz CT molecular complexity index is 484. The number of para-hydroxylation sites is 1. The summed E-state index contributed by atoms with van der Waals surface area (Å²) in [5, 5.41) is 21.8. The predicted molar refractivity (Wildman–Crippen MR) is 62.8 cm³/mol. The van der Waals surface area contributed by atoms with Crippen LogP contribution >= 0.6 is 0 Å². The zero-order valence-corrected chi connectivity index (χ0v) is 9.70. The first-order valence-corrected chi connectivity index (χ1v) is 5.04. The first kappa shape index (κ1) is 13.8. The SMILES string of the molecule is COCc1cccc(CC(=O)C=NO)c1[N+](=O)[O-]. The van der Waals surface area contributed by atoms with Crippen molar-refractivity contribution in [2.45, 2.75) is 13.0 Å². The van der Waals surface area contributed by atoms with Crippen molar-refractivity contribution in [1.82, 2.24) is 0 Å². The molecule has 96 valence electrons. The number of nitro benzene ring substituents is 1. The number of methoxy groups -OCH3 is 1. The molecule has 0 saturated heterocycles. The fourth-order valence-electron chi connectivity index (χ4n) is 1.59. The topological polar surface area (TPSA) is 102 Å². The molecule has 0 spiro atoms. The number of Topliss-reactive ketones (excluding diaryl/α,β-unsaturated/α-hetero) is 1. The monoisotopic (exact) mass is 252 g/mol. The first-order chi connectivity index (χ1) is 8.60. The van der Waals surface area contributed by atoms with Gasteiger partial charge in [-0.05, 0) is 6.07 Å². The number of oxime groups is 1. The minimum Gasteiger partial charge on any atom is -0.411 e.